The van der Waals surface area contributed by atoms with Crippen LogP contribution in [0.1, 0.15) is 5.56 Å². The summed E-state index contributed by atoms with van der Waals surface area (Å²) < 4.78 is 57.3. The zero-order valence-corrected chi connectivity index (χ0v) is 11.2. The molecule has 0 aromatic heterocycles. The minimum atomic E-state index is -3.21. The largest absolute Gasteiger partial charge is 0.435 e. The molecule has 23 heavy (non-hydrogen) atoms. The zero-order valence-electron chi connectivity index (χ0n) is 11.2. The number of hydrazone groups is 1. The molecule has 0 radical (unpaired) electrons. The Labute approximate surface area is 126 Å². The van der Waals surface area contributed by atoms with Crippen molar-refractivity contribution in [3.8, 4) is 11.5 Å². The number of nitrogens with zero attached hydrogens (tertiary/aromatic N) is 2. The first-order valence-electron chi connectivity index (χ1n) is 6.04. The van der Waals surface area contributed by atoms with E-state index in [1.165, 1.54) is 0 Å². The number of nitrogens with one attached hydrogen (secondary N) is 1. The van der Waals surface area contributed by atoms with Gasteiger partial charge in [-0.2, -0.15) is 22.7 Å². The van der Waals surface area contributed by atoms with Crippen LogP contribution in [0, 0.1) is 0 Å². The number of carbonyl (C=O) groups is 2. The van der Waals surface area contributed by atoms with Gasteiger partial charge in [0, 0.05) is 11.6 Å². The van der Waals surface area contributed by atoms with Gasteiger partial charge in [-0.15, -0.1) is 0 Å². The van der Waals surface area contributed by atoms with Gasteiger partial charge < -0.3 is 9.47 Å². The Hall–Kier alpha value is -2.85. The van der Waals surface area contributed by atoms with E-state index in [0.717, 1.165) is 29.4 Å². The number of hydrogen-bond donors (Lipinski definition) is 1. The van der Waals surface area contributed by atoms with Crippen LogP contribution in [0.3, 0.4) is 0 Å². The predicted molar refractivity (Wildman–Crippen MR) is 67.5 cm³/mol. The molecule has 0 atom stereocenters. The predicted octanol–water partition coefficient (Wildman–Crippen LogP) is 1.78. The standard InChI is InChI=1S/C12H9F4N3O4/c13-10(14)22-7-2-1-6(8(3-7)23-11(15)16)4-17-19-5-9(20)18-12(19)21/h1-4,10-11H,5H2,(H,18,20,21)/b17-4-. The fourth-order valence-electron chi connectivity index (χ4n) is 1.65. The molecular weight excluding hydrogens is 326 g/mol. The third-order valence-electron chi connectivity index (χ3n) is 2.54. The van der Waals surface area contributed by atoms with Gasteiger partial charge in [0.15, 0.2) is 0 Å². The van der Waals surface area contributed by atoms with E-state index in [4.69, 9.17) is 0 Å². The van der Waals surface area contributed by atoms with E-state index < -0.39 is 30.9 Å². The molecule has 0 saturated carbocycles. The Bertz CT molecular complexity index is 639. The van der Waals surface area contributed by atoms with Gasteiger partial charge in [0.1, 0.15) is 18.0 Å². The highest BCUT2D eigenvalue weighted by Crippen LogP contribution is 2.26. The summed E-state index contributed by atoms with van der Waals surface area (Å²) in [6.07, 6.45) is 0.974. The molecular formula is C12H9F4N3O4. The van der Waals surface area contributed by atoms with Crippen LogP contribution in [0.2, 0.25) is 0 Å². The molecule has 1 aromatic carbocycles. The van der Waals surface area contributed by atoms with Gasteiger partial charge in [-0.25, -0.2) is 9.80 Å². The van der Waals surface area contributed by atoms with E-state index >= 15 is 0 Å². The number of amides is 3. The van der Waals surface area contributed by atoms with Crippen LogP contribution >= 0.6 is 0 Å². The van der Waals surface area contributed by atoms with Gasteiger partial charge in [0.25, 0.3) is 0 Å². The molecule has 3 amide bonds. The SMILES string of the molecule is O=C1CN(/N=C\c2ccc(OC(F)F)cc2OC(F)F)C(=O)N1. The fourth-order valence-corrected chi connectivity index (χ4v) is 1.65. The van der Waals surface area contributed by atoms with Crippen LogP contribution < -0.4 is 14.8 Å². The molecule has 0 aliphatic carbocycles. The summed E-state index contributed by atoms with van der Waals surface area (Å²) in [4.78, 5) is 22.2. The van der Waals surface area contributed by atoms with E-state index in [2.05, 4.69) is 14.6 Å². The molecule has 1 N–H and O–H groups in total. The summed E-state index contributed by atoms with van der Waals surface area (Å²) in [5.74, 6) is -1.44. The summed E-state index contributed by atoms with van der Waals surface area (Å²) in [6.45, 7) is -6.67. The normalized spacial score (nSPS) is 15.0. The molecule has 2 rings (SSSR count). The van der Waals surface area contributed by atoms with Crippen LogP contribution in [0.5, 0.6) is 11.5 Å². The number of hydrogen-bond acceptors (Lipinski definition) is 5. The minimum absolute atomic E-state index is 0.0286. The minimum Gasteiger partial charge on any atom is -0.435 e. The van der Waals surface area contributed by atoms with Crippen LogP contribution in [-0.2, 0) is 4.79 Å². The summed E-state index contributed by atoms with van der Waals surface area (Å²) in [5, 5.41) is 6.37. The van der Waals surface area contributed by atoms with Gasteiger partial charge in [-0.05, 0) is 12.1 Å². The van der Waals surface area contributed by atoms with Gasteiger partial charge >= 0.3 is 19.3 Å². The Morgan fingerprint density at radius 3 is 2.43 bits per heavy atom. The molecule has 1 aliphatic heterocycles. The van der Waals surface area contributed by atoms with Crippen molar-refractivity contribution < 1.29 is 36.6 Å². The van der Waals surface area contributed by atoms with Gasteiger partial charge in [0.2, 0.25) is 5.91 Å². The number of alkyl halides is 4. The van der Waals surface area contributed by atoms with Crippen molar-refractivity contribution in [2.24, 2.45) is 5.10 Å². The van der Waals surface area contributed by atoms with E-state index in [9.17, 15) is 27.2 Å². The second-order valence-electron chi connectivity index (χ2n) is 4.11. The Kier molecular flexibility index (Phi) is 4.98. The molecule has 1 fully saturated rings. The highest BCUT2D eigenvalue weighted by Gasteiger charge is 2.26. The second kappa shape index (κ2) is 6.94. The average Bonchev–Trinajstić information content (AvgIpc) is 2.75. The molecule has 0 bridgehead atoms. The molecule has 0 unspecified atom stereocenters. The van der Waals surface area contributed by atoms with Crippen LogP contribution in [0.25, 0.3) is 0 Å². The highest BCUT2D eigenvalue weighted by molar-refractivity contribution is 6.02. The number of urea groups is 1. The maximum atomic E-state index is 12.4. The molecule has 124 valence electrons. The Balaban J connectivity index is 2.22. The smallest absolute Gasteiger partial charge is 0.387 e. The van der Waals surface area contributed by atoms with Gasteiger partial charge in [0.05, 0.1) is 6.21 Å². The first kappa shape index (κ1) is 16.5. The lowest BCUT2D eigenvalue weighted by molar-refractivity contribution is -0.118. The van der Waals surface area contributed by atoms with Crippen molar-refractivity contribution in [2.45, 2.75) is 13.2 Å². The zero-order chi connectivity index (χ0) is 17.0. The number of benzene rings is 1. The summed E-state index contributed by atoms with van der Waals surface area (Å²) in [6, 6.07) is 2.27. The van der Waals surface area contributed by atoms with Crippen molar-refractivity contribution in [2.75, 3.05) is 6.54 Å². The third-order valence-corrected chi connectivity index (χ3v) is 2.54. The number of halogens is 4. The molecule has 1 saturated heterocycles. The second-order valence-corrected chi connectivity index (χ2v) is 4.11. The molecule has 1 heterocycles. The van der Waals surface area contributed by atoms with Crippen molar-refractivity contribution in [1.29, 1.82) is 0 Å². The molecule has 0 spiro atoms. The van der Waals surface area contributed by atoms with Crippen molar-refractivity contribution in [3.05, 3.63) is 23.8 Å². The number of carbonyl (C=O) groups excluding carboxylic acids is 2. The number of rotatable bonds is 6. The van der Waals surface area contributed by atoms with Gasteiger partial charge in [-0.1, -0.05) is 0 Å². The van der Waals surface area contributed by atoms with Crippen molar-refractivity contribution in [3.63, 3.8) is 0 Å². The monoisotopic (exact) mass is 335 g/mol. The van der Waals surface area contributed by atoms with Crippen molar-refractivity contribution >= 4 is 18.2 Å². The maximum absolute atomic E-state index is 12.4. The third kappa shape index (κ3) is 4.56. The highest BCUT2D eigenvalue weighted by atomic mass is 19.3. The summed E-state index contributed by atoms with van der Waals surface area (Å²) >= 11 is 0. The summed E-state index contributed by atoms with van der Waals surface area (Å²) in [5.41, 5.74) is -0.0286. The van der Waals surface area contributed by atoms with Crippen LogP contribution in [-0.4, -0.2) is 42.9 Å². The Morgan fingerprint density at radius 1 is 1.17 bits per heavy atom. The van der Waals surface area contributed by atoms with Crippen LogP contribution in [0.15, 0.2) is 23.3 Å². The lowest BCUT2D eigenvalue weighted by atomic mass is 10.2. The van der Waals surface area contributed by atoms with E-state index in [1.807, 2.05) is 5.32 Å². The quantitative estimate of drug-likeness (QED) is 0.488. The number of ether oxygens (including phenoxy) is 2. The van der Waals surface area contributed by atoms with E-state index in [-0.39, 0.29) is 17.9 Å². The molecule has 11 heteroatoms. The first-order chi connectivity index (χ1) is 10.8. The maximum Gasteiger partial charge on any atom is 0.387 e. The lowest BCUT2D eigenvalue weighted by Crippen LogP contribution is -2.24. The molecule has 1 aliphatic rings. The fraction of sp³-hybridized carbons (Fsp3) is 0.250. The molecule has 7 nitrogen and oxygen atoms in total. The first-order valence-corrected chi connectivity index (χ1v) is 6.04. The summed E-state index contributed by atoms with van der Waals surface area (Å²) in [7, 11) is 0. The lowest BCUT2D eigenvalue weighted by Gasteiger charge is -2.11. The number of imide groups is 1. The Morgan fingerprint density at radius 2 is 1.87 bits per heavy atom. The van der Waals surface area contributed by atoms with Crippen molar-refractivity contribution in [1.82, 2.24) is 10.3 Å². The van der Waals surface area contributed by atoms with Gasteiger partial charge in [-0.3, -0.25) is 10.1 Å². The van der Waals surface area contributed by atoms with E-state index in [0.29, 0.717) is 0 Å². The van der Waals surface area contributed by atoms with Crippen LogP contribution in [0.4, 0.5) is 22.4 Å². The molecule has 1 aromatic rings. The topological polar surface area (TPSA) is 80.2 Å². The van der Waals surface area contributed by atoms with E-state index in [1.54, 1.807) is 0 Å². The average molecular weight is 335 g/mol.